The zero-order valence-corrected chi connectivity index (χ0v) is 14.1. The Kier molecular flexibility index (Phi) is 4.75. The number of hydrogen-bond donors (Lipinski definition) is 0. The molecule has 1 aromatic heterocycles. The van der Waals surface area contributed by atoms with Crippen LogP contribution >= 0.6 is 0 Å². The number of likely N-dealkylation sites (N-methyl/N-ethyl adjacent to an activating group) is 1. The van der Waals surface area contributed by atoms with Gasteiger partial charge >= 0.3 is 6.18 Å². The van der Waals surface area contributed by atoms with E-state index in [4.69, 9.17) is 0 Å². The van der Waals surface area contributed by atoms with Gasteiger partial charge in [0.15, 0.2) is 5.69 Å². The van der Waals surface area contributed by atoms with Crippen molar-refractivity contribution < 1.29 is 18.0 Å². The summed E-state index contributed by atoms with van der Waals surface area (Å²) in [4.78, 5) is 16.1. The van der Waals surface area contributed by atoms with Crippen LogP contribution in [0.1, 0.15) is 42.9 Å². The van der Waals surface area contributed by atoms with Gasteiger partial charge in [0.1, 0.15) is 0 Å². The summed E-state index contributed by atoms with van der Waals surface area (Å²) in [6.45, 7) is 6.09. The highest BCUT2D eigenvalue weighted by Crippen LogP contribution is 2.34. The third kappa shape index (κ3) is 3.36. The first-order chi connectivity index (χ1) is 10.5. The van der Waals surface area contributed by atoms with E-state index in [0.717, 1.165) is 10.9 Å². The number of aromatic nitrogens is 2. The number of nitrogens with zero attached hydrogens (tertiary/aromatic N) is 4. The number of halogens is 3. The van der Waals surface area contributed by atoms with Crippen LogP contribution in [-0.2, 0) is 6.18 Å². The standard InChI is InChI=1S/C15H23F3N4O/c1-9(2)22-13(15(16,17)18)11(6-19-22)14(23)21-7-10(3)12(8-21)20(4)5/h6,9-10,12H,7-8H2,1-5H3/t10-,12-/m1/s1. The van der Waals surface area contributed by atoms with E-state index in [9.17, 15) is 18.0 Å². The van der Waals surface area contributed by atoms with Crippen LogP contribution in [0.2, 0.25) is 0 Å². The molecular formula is C15H23F3N4O. The van der Waals surface area contributed by atoms with Crippen molar-refractivity contribution >= 4 is 5.91 Å². The number of carbonyl (C=O) groups is 1. The molecule has 0 saturated carbocycles. The summed E-state index contributed by atoms with van der Waals surface area (Å²) in [6, 6.07) is -0.325. The van der Waals surface area contributed by atoms with Gasteiger partial charge in [-0.3, -0.25) is 9.48 Å². The number of carbonyl (C=O) groups excluding carboxylic acids is 1. The molecule has 1 saturated heterocycles. The predicted octanol–water partition coefficient (Wildman–Crippen LogP) is 2.50. The second-order valence-corrected chi connectivity index (χ2v) is 6.66. The Morgan fingerprint density at radius 1 is 1.35 bits per heavy atom. The summed E-state index contributed by atoms with van der Waals surface area (Å²) < 4.78 is 41.0. The highest BCUT2D eigenvalue weighted by molar-refractivity contribution is 5.95. The molecule has 2 rings (SSSR count). The lowest BCUT2D eigenvalue weighted by molar-refractivity contribution is -0.145. The normalized spacial score (nSPS) is 22.4. The summed E-state index contributed by atoms with van der Waals surface area (Å²) in [5.74, 6) is -0.385. The van der Waals surface area contributed by atoms with E-state index in [1.165, 1.54) is 4.90 Å². The summed E-state index contributed by atoms with van der Waals surface area (Å²) in [6.07, 6.45) is -3.57. The van der Waals surface area contributed by atoms with Crippen LogP contribution in [0.25, 0.3) is 0 Å². The van der Waals surface area contributed by atoms with E-state index in [2.05, 4.69) is 5.10 Å². The predicted molar refractivity (Wildman–Crippen MR) is 80.2 cm³/mol. The highest BCUT2D eigenvalue weighted by atomic mass is 19.4. The minimum atomic E-state index is -4.61. The fraction of sp³-hybridized carbons (Fsp3) is 0.733. The number of hydrogen-bond acceptors (Lipinski definition) is 3. The lowest BCUT2D eigenvalue weighted by Crippen LogP contribution is -2.36. The van der Waals surface area contributed by atoms with Gasteiger partial charge in [-0.05, 0) is 33.9 Å². The zero-order valence-electron chi connectivity index (χ0n) is 14.1. The molecular weight excluding hydrogens is 309 g/mol. The Bertz CT molecular complexity index is 580. The molecule has 8 heteroatoms. The van der Waals surface area contributed by atoms with Crippen LogP contribution in [0, 0.1) is 5.92 Å². The largest absolute Gasteiger partial charge is 0.433 e. The van der Waals surface area contributed by atoms with Crippen LogP contribution < -0.4 is 0 Å². The van der Waals surface area contributed by atoms with Gasteiger partial charge in [-0.1, -0.05) is 6.92 Å². The average molecular weight is 332 g/mol. The van der Waals surface area contributed by atoms with Crippen molar-refractivity contribution in [3.63, 3.8) is 0 Å². The average Bonchev–Trinajstić information content (AvgIpc) is 3.00. The zero-order chi connectivity index (χ0) is 17.5. The molecule has 5 nitrogen and oxygen atoms in total. The molecule has 0 spiro atoms. The maximum atomic E-state index is 13.4. The second kappa shape index (κ2) is 6.14. The van der Waals surface area contributed by atoms with Gasteiger partial charge < -0.3 is 9.80 Å². The molecule has 130 valence electrons. The molecule has 2 atom stereocenters. The molecule has 1 aromatic rings. The van der Waals surface area contributed by atoms with Gasteiger partial charge in [-0.15, -0.1) is 0 Å². The summed E-state index contributed by atoms with van der Waals surface area (Å²) in [5.41, 5.74) is -1.32. The van der Waals surface area contributed by atoms with E-state index >= 15 is 0 Å². The van der Waals surface area contributed by atoms with Crippen LogP contribution in [0.5, 0.6) is 0 Å². The van der Waals surface area contributed by atoms with E-state index in [1.54, 1.807) is 13.8 Å². The maximum Gasteiger partial charge on any atom is 0.433 e. The third-order valence-electron chi connectivity index (χ3n) is 4.31. The van der Waals surface area contributed by atoms with E-state index < -0.39 is 23.8 Å². The van der Waals surface area contributed by atoms with Gasteiger partial charge in [0.25, 0.3) is 5.91 Å². The highest BCUT2D eigenvalue weighted by Gasteiger charge is 2.43. The monoisotopic (exact) mass is 332 g/mol. The fourth-order valence-electron chi connectivity index (χ4n) is 3.15. The smallest absolute Gasteiger partial charge is 0.337 e. The molecule has 1 aliphatic heterocycles. The first-order valence-corrected chi connectivity index (χ1v) is 7.64. The Hall–Kier alpha value is -1.57. The maximum absolute atomic E-state index is 13.4. The summed E-state index contributed by atoms with van der Waals surface area (Å²) >= 11 is 0. The Morgan fingerprint density at radius 3 is 2.39 bits per heavy atom. The number of rotatable bonds is 3. The van der Waals surface area contributed by atoms with Crippen molar-refractivity contribution in [2.75, 3.05) is 27.2 Å². The Morgan fingerprint density at radius 2 is 1.96 bits per heavy atom. The molecule has 1 fully saturated rings. The summed E-state index contributed by atoms with van der Waals surface area (Å²) in [5, 5.41) is 3.79. The second-order valence-electron chi connectivity index (χ2n) is 6.66. The molecule has 0 bridgehead atoms. The van der Waals surface area contributed by atoms with Gasteiger partial charge in [-0.25, -0.2) is 0 Å². The molecule has 0 unspecified atom stereocenters. The van der Waals surface area contributed by atoms with Gasteiger partial charge in [-0.2, -0.15) is 18.3 Å². The first kappa shape index (κ1) is 17.8. The van der Waals surface area contributed by atoms with E-state index in [-0.39, 0.29) is 17.5 Å². The lowest BCUT2D eigenvalue weighted by Gasteiger charge is -2.22. The van der Waals surface area contributed by atoms with Gasteiger partial charge in [0.2, 0.25) is 0 Å². The lowest BCUT2D eigenvalue weighted by atomic mass is 10.1. The first-order valence-electron chi connectivity index (χ1n) is 7.64. The van der Waals surface area contributed by atoms with Crippen molar-refractivity contribution in [2.45, 2.75) is 39.0 Å². The third-order valence-corrected chi connectivity index (χ3v) is 4.31. The number of amides is 1. The molecule has 0 aromatic carbocycles. The van der Waals surface area contributed by atoms with Crippen molar-refractivity contribution in [3.05, 3.63) is 17.5 Å². The van der Waals surface area contributed by atoms with Crippen molar-refractivity contribution in [3.8, 4) is 0 Å². The minimum absolute atomic E-state index is 0.147. The Balaban J connectivity index is 2.34. The van der Waals surface area contributed by atoms with Crippen LogP contribution in [-0.4, -0.2) is 58.7 Å². The minimum Gasteiger partial charge on any atom is -0.337 e. The molecule has 0 aliphatic carbocycles. The molecule has 0 N–H and O–H groups in total. The molecule has 23 heavy (non-hydrogen) atoms. The topological polar surface area (TPSA) is 41.4 Å². The van der Waals surface area contributed by atoms with E-state index in [1.807, 2.05) is 25.9 Å². The van der Waals surface area contributed by atoms with Crippen LogP contribution in [0.4, 0.5) is 13.2 Å². The number of likely N-dealkylation sites (tertiary alicyclic amines) is 1. The molecule has 0 radical (unpaired) electrons. The quantitative estimate of drug-likeness (QED) is 0.854. The van der Waals surface area contributed by atoms with Crippen molar-refractivity contribution in [2.24, 2.45) is 5.92 Å². The number of alkyl halides is 3. The van der Waals surface area contributed by atoms with Gasteiger partial charge in [0.05, 0.1) is 11.8 Å². The van der Waals surface area contributed by atoms with Crippen molar-refractivity contribution in [1.29, 1.82) is 0 Å². The summed E-state index contributed by atoms with van der Waals surface area (Å²) in [7, 11) is 3.82. The molecule has 1 aliphatic rings. The van der Waals surface area contributed by atoms with E-state index in [0.29, 0.717) is 13.1 Å². The SMILES string of the molecule is CC(C)n1ncc(C(=O)N2C[C@@H](C)[C@H](N(C)C)C2)c1C(F)(F)F. The Labute approximate surface area is 134 Å². The molecule has 2 heterocycles. The van der Waals surface area contributed by atoms with Crippen LogP contribution in [0.3, 0.4) is 0 Å². The van der Waals surface area contributed by atoms with Crippen molar-refractivity contribution in [1.82, 2.24) is 19.6 Å². The molecule has 1 amide bonds. The van der Waals surface area contributed by atoms with Crippen LogP contribution in [0.15, 0.2) is 6.20 Å². The fourth-order valence-corrected chi connectivity index (χ4v) is 3.15. The van der Waals surface area contributed by atoms with Gasteiger partial charge in [0, 0.05) is 25.2 Å².